The van der Waals surface area contributed by atoms with Crippen LogP contribution in [0.15, 0.2) is 20.2 Å². The lowest BCUT2D eigenvalue weighted by atomic mass is 10.0. The maximum Gasteiger partial charge on any atom is 0.133 e. The van der Waals surface area contributed by atoms with Crippen molar-refractivity contribution in [2.45, 2.75) is 38.8 Å². The Bertz CT molecular complexity index is 491. The van der Waals surface area contributed by atoms with Crippen LogP contribution < -0.4 is 0 Å². The van der Waals surface area contributed by atoms with Crippen molar-refractivity contribution in [1.29, 1.82) is 0 Å². The summed E-state index contributed by atoms with van der Waals surface area (Å²) in [6.07, 6.45) is 0. The van der Waals surface area contributed by atoms with Crippen LogP contribution in [0.1, 0.15) is 27.7 Å². The molecule has 0 aromatic heterocycles. The fourth-order valence-electron chi connectivity index (χ4n) is 3.14. The molecule has 0 fully saturated rings. The Labute approximate surface area is 168 Å². The molecule has 0 unspecified atom stereocenters. The molecule has 0 saturated carbocycles. The SMILES string of the molecule is CC(C)(N=NC(C)(C)C1=NCCN1CCO)C1=NCCN1CCO.Cl.Cl. The molecular formula is C16H32Cl2N6O2. The van der Waals surface area contributed by atoms with E-state index in [0.717, 1.165) is 37.9 Å². The van der Waals surface area contributed by atoms with Gasteiger partial charge in [-0.05, 0) is 27.7 Å². The smallest absolute Gasteiger partial charge is 0.133 e. The number of aliphatic hydroxyl groups is 2. The fraction of sp³-hybridized carbons (Fsp3) is 0.875. The number of azo groups is 1. The van der Waals surface area contributed by atoms with E-state index in [4.69, 9.17) is 0 Å². The van der Waals surface area contributed by atoms with Crippen molar-refractivity contribution in [2.75, 3.05) is 52.5 Å². The van der Waals surface area contributed by atoms with Crippen molar-refractivity contribution in [3.05, 3.63) is 0 Å². The standard InChI is InChI=1S/C16H30N6O2.2ClH/c1-15(2,13-17-5-7-21(13)9-11-23)19-20-16(3,4)14-18-6-8-22(14)10-12-24;;/h23-24H,5-12H2,1-4H3;2*1H. The van der Waals surface area contributed by atoms with Gasteiger partial charge in [0.05, 0.1) is 26.3 Å². The number of β-amino-alcohol motifs (C(OH)–C–C–N with tert-alkyl or cyclic N) is 2. The Balaban J connectivity index is 0.00000312. The lowest BCUT2D eigenvalue weighted by Crippen LogP contribution is -2.45. The second-order valence-corrected chi connectivity index (χ2v) is 7.15. The molecule has 2 rings (SSSR count). The second kappa shape index (κ2) is 10.4. The molecule has 0 amide bonds. The van der Waals surface area contributed by atoms with Gasteiger partial charge in [-0.1, -0.05) is 0 Å². The van der Waals surface area contributed by atoms with Crippen LogP contribution in [0.4, 0.5) is 0 Å². The normalized spacial score (nSPS) is 17.9. The van der Waals surface area contributed by atoms with E-state index in [1.807, 2.05) is 27.7 Å². The number of nitrogens with zero attached hydrogens (tertiary/aromatic N) is 6. The van der Waals surface area contributed by atoms with Gasteiger partial charge >= 0.3 is 0 Å². The lowest BCUT2D eigenvalue weighted by molar-refractivity contribution is 0.250. The number of amidine groups is 2. The van der Waals surface area contributed by atoms with Crippen LogP contribution in [0.3, 0.4) is 0 Å². The molecule has 0 aliphatic carbocycles. The molecule has 152 valence electrons. The average Bonchev–Trinajstić information content (AvgIpc) is 3.16. The van der Waals surface area contributed by atoms with Crippen molar-refractivity contribution in [3.8, 4) is 0 Å². The van der Waals surface area contributed by atoms with Crippen molar-refractivity contribution < 1.29 is 10.2 Å². The molecule has 2 heterocycles. The Hall–Kier alpha value is -0.960. The van der Waals surface area contributed by atoms with Gasteiger partial charge in [0.25, 0.3) is 0 Å². The number of hydrogen-bond donors (Lipinski definition) is 2. The summed E-state index contributed by atoms with van der Waals surface area (Å²) in [4.78, 5) is 13.2. The van der Waals surface area contributed by atoms with E-state index < -0.39 is 11.1 Å². The highest BCUT2D eigenvalue weighted by Gasteiger charge is 2.36. The molecule has 0 aromatic carbocycles. The summed E-state index contributed by atoms with van der Waals surface area (Å²) in [5, 5.41) is 27.6. The summed E-state index contributed by atoms with van der Waals surface area (Å²) in [6, 6.07) is 0. The summed E-state index contributed by atoms with van der Waals surface area (Å²) in [6.45, 7) is 12.4. The number of aliphatic hydroxyl groups excluding tert-OH is 2. The zero-order chi connectivity index (χ0) is 17.8. The van der Waals surface area contributed by atoms with E-state index in [1.165, 1.54) is 0 Å². The third-order valence-corrected chi connectivity index (χ3v) is 4.25. The molecule has 10 heteroatoms. The van der Waals surface area contributed by atoms with Crippen LogP contribution >= 0.6 is 24.8 Å². The molecule has 26 heavy (non-hydrogen) atoms. The maximum absolute atomic E-state index is 9.20. The zero-order valence-electron chi connectivity index (χ0n) is 16.1. The summed E-state index contributed by atoms with van der Waals surface area (Å²) in [5.41, 5.74) is -1.10. The van der Waals surface area contributed by atoms with Crippen LogP contribution in [0.25, 0.3) is 0 Å². The predicted molar refractivity (Wildman–Crippen MR) is 109 cm³/mol. The largest absolute Gasteiger partial charge is 0.395 e. The van der Waals surface area contributed by atoms with Gasteiger partial charge in [-0.3, -0.25) is 9.98 Å². The zero-order valence-corrected chi connectivity index (χ0v) is 17.7. The summed E-state index contributed by atoms with van der Waals surface area (Å²) < 4.78 is 0. The molecule has 0 aromatic rings. The van der Waals surface area contributed by atoms with E-state index in [1.54, 1.807) is 0 Å². The third kappa shape index (κ3) is 5.77. The van der Waals surface area contributed by atoms with Crippen LogP contribution in [-0.2, 0) is 0 Å². The third-order valence-electron chi connectivity index (χ3n) is 4.25. The minimum atomic E-state index is -0.552. The molecule has 2 N–H and O–H groups in total. The van der Waals surface area contributed by atoms with Crippen molar-refractivity contribution in [3.63, 3.8) is 0 Å². The Morgan fingerprint density at radius 3 is 1.46 bits per heavy atom. The predicted octanol–water partition coefficient (Wildman–Crippen LogP) is 1.25. The van der Waals surface area contributed by atoms with Gasteiger partial charge in [0.2, 0.25) is 0 Å². The molecule has 8 nitrogen and oxygen atoms in total. The van der Waals surface area contributed by atoms with Gasteiger partial charge in [0.15, 0.2) is 0 Å². The number of aliphatic imine (C=N–C) groups is 2. The Morgan fingerprint density at radius 2 is 1.15 bits per heavy atom. The molecule has 0 atom stereocenters. The Kier molecular flexibility index (Phi) is 10.0. The number of halogens is 2. The highest BCUT2D eigenvalue weighted by atomic mass is 35.5. The number of hydrogen-bond acceptors (Lipinski definition) is 8. The maximum atomic E-state index is 9.20. The molecule has 0 radical (unpaired) electrons. The lowest BCUT2D eigenvalue weighted by Gasteiger charge is -2.31. The van der Waals surface area contributed by atoms with Gasteiger partial charge in [0.1, 0.15) is 22.7 Å². The molecule has 2 aliphatic rings. The average molecular weight is 411 g/mol. The van der Waals surface area contributed by atoms with Crippen LogP contribution in [-0.4, -0.2) is 95.2 Å². The molecule has 2 aliphatic heterocycles. The van der Waals surface area contributed by atoms with Gasteiger partial charge in [-0.2, -0.15) is 10.2 Å². The second-order valence-electron chi connectivity index (χ2n) is 7.15. The summed E-state index contributed by atoms with van der Waals surface area (Å²) >= 11 is 0. The fourth-order valence-corrected chi connectivity index (χ4v) is 3.14. The highest BCUT2D eigenvalue weighted by molar-refractivity contribution is 5.93. The van der Waals surface area contributed by atoms with Crippen LogP contribution in [0, 0.1) is 0 Å². The van der Waals surface area contributed by atoms with Crippen LogP contribution in [0.2, 0.25) is 0 Å². The van der Waals surface area contributed by atoms with E-state index in [-0.39, 0.29) is 38.0 Å². The Morgan fingerprint density at radius 1 is 0.808 bits per heavy atom. The van der Waals surface area contributed by atoms with Gasteiger partial charge < -0.3 is 20.0 Å². The summed E-state index contributed by atoms with van der Waals surface area (Å²) in [5.74, 6) is 1.74. The minimum Gasteiger partial charge on any atom is -0.395 e. The van der Waals surface area contributed by atoms with E-state index in [0.29, 0.717) is 13.1 Å². The highest BCUT2D eigenvalue weighted by Crippen LogP contribution is 2.24. The number of rotatable bonds is 8. The van der Waals surface area contributed by atoms with E-state index in [2.05, 4.69) is 30.0 Å². The topological polar surface area (TPSA) is 96.4 Å². The first-order chi connectivity index (χ1) is 11.3. The first kappa shape index (κ1) is 25.0. The van der Waals surface area contributed by atoms with Gasteiger partial charge in [-0.15, -0.1) is 24.8 Å². The molecule has 0 bridgehead atoms. The van der Waals surface area contributed by atoms with Gasteiger partial charge in [0, 0.05) is 26.2 Å². The molecular weight excluding hydrogens is 379 g/mol. The van der Waals surface area contributed by atoms with Crippen molar-refractivity contribution in [2.24, 2.45) is 20.2 Å². The first-order valence-corrected chi connectivity index (χ1v) is 8.57. The van der Waals surface area contributed by atoms with Crippen molar-refractivity contribution >= 4 is 36.5 Å². The monoisotopic (exact) mass is 410 g/mol. The minimum absolute atomic E-state index is 0. The van der Waals surface area contributed by atoms with Crippen molar-refractivity contribution in [1.82, 2.24) is 9.80 Å². The van der Waals surface area contributed by atoms with Gasteiger partial charge in [-0.25, -0.2) is 0 Å². The summed E-state index contributed by atoms with van der Waals surface area (Å²) in [7, 11) is 0. The van der Waals surface area contributed by atoms with E-state index >= 15 is 0 Å². The quantitative estimate of drug-likeness (QED) is 0.588. The molecule has 0 saturated heterocycles. The van der Waals surface area contributed by atoms with Crippen LogP contribution in [0.5, 0.6) is 0 Å². The first-order valence-electron chi connectivity index (χ1n) is 8.57. The van der Waals surface area contributed by atoms with E-state index in [9.17, 15) is 10.2 Å². The molecule has 0 spiro atoms.